The molecule has 0 saturated carbocycles. The number of anilines is 1. The van der Waals surface area contributed by atoms with Crippen molar-refractivity contribution < 1.29 is 22.7 Å². The second-order valence-corrected chi connectivity index (χ2v) is 4.94. The van der Waals surface area contributed by atoms with Gasteiger partial charge in [0.1, 0.15) is 0 Å². The zero-order valence-electron chi connectivity index (χ0n) is 13.3. The fraction of sp³-hybridized carbons (Fsp3) is 0.333. The summed E-state index contributed by atoms with van der Waals surface area (Å²) in [5.74, 6) is -0.283. The Morgan fingerprint density at radius 2 is 2.12 bits per heavy atom. The first kappa shape index (κ1) is 20.9. The largest absolute Gasteiger partial charge is 0.416 e. The number of methoxy groups -OCH3 is 1. The van der Waals surface area contributed by atoms with Crippen LogP contribution in [0.3, 0.4) is 0 Å². The quantitative estimate of drug-likeness (QED) is 0.726. The number of halogens is 4. The molecule has 1 amide bonds. The maximum atomic E-state index is 12.7. The summed E-state index contributed by atoms with van der Waals surface area (Å²) >= 11 is 0. The van der Waals surface area contributed by atoms with E-state index in [2.05, 4.69) is 15.7 Å². The number of benzene rings is 1. The lowest BCUT2D eigenvalue weighted by molar-refractivity contribution is -0.137. The highest BCUT2D eigenvalue weighted by Crippen LogP contribution is 2.30. The minimum absolute atomic E-state index is 0. The summed E-state index contributed by atoms with van der Waals surface area (Å²) in [6.45, 7) is 1.12. The van der Waals surface area contributed by atoms with E-state index >= 15 is 0 Å². The molecule has 1 aromatic heterocycles. The van der Waals surface area contributed by atoms with Gasteiger partial charge >= 0.3 is 6.18 Å². The van der Waals surface area contributed by atoms with Gasteiger partial charge in [0.05, 0.1) is 42.5 Å². The molecule has 0 bridgehead atoms. The highest BCUT2D eigenvalue weighted by Gasteiger charge is 2.30. The van der Waals surface area contributed by atoms with Gasteiger partial charge in [0.15, 0.2) is 0 Å². The summed E-state index contributed by atoms with van der Waals surface area (Å²) in [6.07, 6.45) is -1.61. The number of hydrogen-bond acceptors (Lipinski definition) is 4. The smallest absolute Gasteiger partial charge is 0.383 e. The first-order valence-corrected chi connectivity index (χ1v) is 7.12. The molecule has 0 unspecified atom stereocenters. The number of aromatic nitrogens is 2. The molecule has 0 aliphatic carbocycles. The number of carbonyl (C=O) groups is 1. The van der Waals surface area contributed by atoms with Crippen LogP contribution < -0.4 is 10.6 Å². The summed E-state index contributed by atoms with van der Waals surface area (Å²) in [5.41, 5.74) is -0.113. The van der Waals surface area contributed by atoms with Crippen LogP contribution >= 0.6 is 12.4 Å². The minimum atomic E-state index is -4.42. The molecule has 0 spiro atoms. The van der Waals surface area contributed by atoms with Gasteiger partial charge in [-0.1, -0.05) is 6.07 Å². The van der Waals surface area contributed by atoms with Crippen LogP contribution in [0.25, 0.3) is 5.69 Å². The van der Waals surface area contributed by atoms with Crippen molar-refractivity contribution in [2.75, 3.05) is 32.1 Å². The monoisotopic (exact) mass is 378 g/mol. The van der Waals surface area contributed by atoms with Gasteiger partial charge in [-0.2, -0.15) is 18.3 Å². The van der Waals surface area contributed by atoms with Gasteiger partial charge in [0.2, 0.25) is 5.91 Å². The molecule has 2 rings (SSSR count). The van der Waals surface area contributed by atoms with Crippen molar-refractivity contribution in [3.05, 3.63) is 42.2 Å². The van der Waals surface area contributed by atoms with Crippen molar-refractivity contribution in [1.82, 2.24) is 15.1 Å². The summed E-state index contributed by atoms with van der Waals surface area (Å²) in [4.78, 5) is 11.7. The second kappa shape index (κ2) is 9.40. The Kier molecular flexibility index (Phi) is 7.88. The van der Waals surface area contributed by atoms with Gasteiger partial charge < -0.3 is 15.4 Å². The van der Waals surface area contributed by atoms with E-state index in [1.807, 2.05) is 0 Å². The van der Waals surface area contributed by atoms with Crippen molar-refractivity contribution in [2.24, 2.45) is 0 Å². The Hall–Kier alpha value is -2.10. The number of nitrogens with one attached hydrogen (secondary N) is 2. The normalized spacial score (nSPS) is 11.0. The van der Waals surface area contributed by atoms with E-state index in [0.717, 1.165) is 12.1 Å². The number of carbonyl (C=O) groups excluding carboxylic acids is 1. The van der Waals surface area contributed by atoms with Gasteiger partial charge in [-0.15, -0.1) is 12.4 Å². The van der Waals surface area contributed by atoms with Gasteiger partial charge in [-0.25, -0.2) is 4.68 Å². The molecule has 1 aromatic carbocycles. The third kappa shape index (κ3) is 6.37. The lowest BCUT2D eigenvalue weighted by Gasteiger charge is -2.08. The molecular weight excluding hydrogens is 361 g/mol. The predicted molar refractivity (Wildman–Crippen MR) is 89.2 cm³/mol. The molecule has 0 radical (unpaired) electrons. The summed E-state index contributed by atoms with van der Waals surface area (Å²) in [7, 11) is 1.56. The summed E-state index contributed by atoms with van der Waals surface area (Å²) in [5, 5.41) is 9.45. The molecule has 0 aliphatic heterocycles. The van der Waals surface area contributed by atoms with Gasteiger partial charge in [-0.3, -0.25) is 4.79 Å². The third-order valence-corrected chi connectivity index (χ3v) is 3.07. The summed E-state index contributed by atoms with van der Waals surface area (Å²) < 4.78 is 44.3. The van der Waals surface area contributed by atoms with Crippen molar-refractivity contribution in [3.63, 3.8) is 0 Å². The van der Waals surface area contributed by atoms with Crippen molar-refractivity contribution in [3.8, 4) is 5.69 Å². The molecular formula is C15H18ClF3N4O2. The van der Waals surface area contributed by atoms with E-state index < -0.39 is 11.7 Å². The maximum Gasteiger partial charge on any atom is 0.416 e. The lowest BCUT2D eigenvalue weighted by atomic mass is 10.2. The second-order valence-electron chi connectivity index (χ2n) is 4.94. The van der Waals surface area contributed by atoms with E-state index in [4.69, 9.17) is 4.74 Å². The third-order valence-electron chi connectivity index (χ3n) is 3.07. The van der Waals surface area contributed by atoms with Crippen molar-refractivity contribution in [1.29, 1.82) is 0 Å². The van der Waals surface area contributed by atoms with Crippen LogP contribution in [0, 0.1) is 0 Å². The predicted octanol–water partition coefficient (Wildman–Crippen LogP) is 2.49. The molecule has 0 fully saturated rings. The molecule has 25 heavy (non-hydrogen) atoms. The number of ether oxygens (including phenoxy) is 1. The van der Waals surface area contributed by atoms with Crippen molar-refractivity contribution in [2.45, 2.75) is 6.18 Å². The first-order valence-electron chi connectivity index (χ1n) is 7.12. The zero-order chi connectivity index (χ0) is 17.6. The Morgan fingerprint density at radius 3 is 2.80 bits per heavy atom. The van der Waals surface area contributed by atoms with E-state index in [1.165, 1.54) is 29.2 Å². The molecule has 138 valence electrons. The molecule has 0 saturated heterocycles. The van der Waals surface area contributed by atoms with Crippen LogP contribution in [-0.4, -0.2) is 42.5 Å². The molecule has 6 nitrogen and oxygen atoms in total. The number of hydrogen-bond donors (Lipinski definition) is 2. The first-order chi connectivity index (χ1) is 11.4. The fourth-order valence-electron chi connectivity index (χ4n) is 1.93. The van der Waals surface area contributed by atoms with Crippen LogP contribution in [0.15, 0.2) is 36.7 Å². The highest BCUT2D eigenvalue weighted by atomic mass is 35.5. The Bertz CT molecular complexity index is 691. The van der Waals surface area contributed by atoms with Crippen LogP contribution in [0.1, 0.15) is 5.56 Å². The van der Waals surface area contributed by atoms with E-state index in [-0.39, 0.29) is 30.5 Å². The zero-order valence-corrected chi connectivity index (χ0v) is 14.2. The Labute approximate surface area is 148 Å². The Balaban J connectivity index is 0.00000312. The molecule has 10 heteroatoms. The summed E-state index contributed by atoms with van der Waals surface area (Å²) in [6, 6.07) is 4.78. The van der Waals surface area contributed by atoms with Crippen LogP contribution in [0.5, 0.6) is 0 Å². The van der Waals surface area contributed by atoms with Crippen molar-refractivity contribution >= 4 is 24.0 Å². The molecule has 0 aliphatic rings. The van der Waals surface area contributed by atoms with Gasteiger partial charge in [-0.05, 0) is 18.2 Å². The van der Waals surface area contributed by atoms with Crippen LogP contribution in [0.2, 0.25) is 0 Å². The average molecular weight is 379 g/mol. The lowest BCUT2D eigenvalue weighted by Crippen LogP contribution is -2.30. The van der Waals surface area contributed by atoms with E-state index in [0.29, 0.717) is 18.8 Å². The van der Waals surface area contributed by atoms with Crippen LogP contribution in [-0.2, 0) is 15.7 Å². The molecule has 2 aromatic rings. The van der Waals surface area contributed by atoms with Gasteiger partial charge in [0, 0.05) is 13.7 Å². The number of nitrogens with zero attached hydrogens (tertiary/aromatic N) is 2. The number of alkyl halides is 3. The molecule has 0 atom stereocenters. The van der Waals surface area contributed by atoms with Gasteiger partial charge in [0.25, 0.3) is 0 Å². The molecule has 1 heterocycles. The topological polar surface area (TPSA) is 68.2 Å². The number of rotatable bonds is 7. The fourth-order valence-corrected chi connectivity index (χ4v) is 1.93. The van der Waals surface area contributed by atoms with E-state index in [9.17, 15) is 18.0 Å². The number of amides is 1. The Morgan fingerprint density at radius 1 is 1.36 bits per heavy atom. The van der Waals surface area contributed by atoms with E-state index in [1.54, 1.807) is 7.11 Å². The minimum Gasteiger partial charge on any atom is -0.383 e. The maximum absolute atomic E-state index is 12.7. The molecule has 2 N–H and O–H groups in total. The highest BCUT2D eigenvalue weighted by molar-refractivity contribution is 5.92. The van der Waals surface area contributed by atoms with Crippen LogP contribution in [0.4, 0.5) is 18.9 Å². The average Bonchev–Trinajstić information content (AvgIpc) is 2.99. The standard InChI is InChI=1S/C15H17F3N4O2.ClH/c1-24-6-5-19-9-14(23)21-12-8-20-22(10-12)13-4-2-3-11(7-13)15(16,17)18;/h2-4,7-8,10,19H,5-6,9H2,1H3,(H,21,23);1H. The SMILES string of the molecule is COCCNCC(=O)Nc1cnn(-c2cccc(C(F)(F)F)c2)c1.Cl.